The first-order valence-electron chi connectivity index (χ1n) is 8.36. The molecule has 1 saturated heterocycles. The molecule has 0 bridgehead atoms. The van der Waals surface area contributed by atoms with E-state index in [0.29, 0.717) is 17.5 Å². The molecule has 0 aromatic carbocycles. The molecule has 2 atom stereocenters. The molecular weight excluding hydrogens is 248 g/mol. The van der Waals surface area contributed by atoms with E-state index in [4.69, 9.17) is 0 Å². The third kappa shape index (κ3) is 5.01. The predicted octanol–water partition coefficient (Wildman–Crippen LogP) is 3.03. The average molecular weight is 284 g/mol. The zero-order valence-corrected chi connectivity index (χ0v) is 14.5. The molecule has 0 aromatic rings. The standard InChI is InChI=1S/C17H36N2O/c1-7-16(5)8-10-19(11-9-16)15(4)12-17(6,13-20)18-14(2)3/h14-15,18,20H,7-13H2,1-6H3. The molecular formula is C17H36N2O. The lowest BCUT2D eigenvalue weighted by Crippen LogP contribution is -2.54. The minimum absolute atomic E-state index is 0.168. The Morgan fingerprint density at radius 2 is 1.80 bits per heavy atom. The van der Waals surface area contributed by atoms with Gasteiger partial charge in [0.25, 0.3) is 0 Å². The minimum atomic E-state index is -0.168. The van der Waals surface area contributed by atoms with Gasteiger partial charge in [-0.15, -0.1) is 0 Å². The highest BCUT2D eigenvalue weighted by atomic mass is 16.3. The van der Waals surface area contributed by atoms with Gasteiger partial charge in [-0.1, -0.05) is 34.1 Å². The van der Waals surface area contributed by atoms with Gasteiger partial charge in [0, 0.05) is 17.6 Å². The Hall–Kier alpha value is -0.120. The van der Waals surface area contributed by atoms with Crippen molar-refractivity contribution in [2.75, 3.05) is 19.7 Å². The number of aliphatic hydroxyl groups excluding tert-OH is 1. The van der Waals surface area contributed by atoms with E-state index in [2.05, 4.69) is 51.8 Å². The summed E-state index contributed by atoms with van der Waals surface area (Å²) in [7, 11) is 0. The molecule has 1 fully saturated rings. The van der Waals surface area contributed by atoms with Crippen LogP contribution in [0.25, 0.3) is 0 Å². The number of piperidine rings is 1. The van der Waals surface area contributed by atoms with Gasteiger partial charge in [-0.2, -0.15) is 0 Å². The van der Waals surface area contributed by atoms with Crippen molar-refractivity contribution in [1.82, 2.24) is 10.2 Å². The molecule has 120 valence electrons. The summed E-state index contributed by atoms with van der Waals surface area (Å²) in [6.07, 6.45) is 4.91. The zero-order valence-electron chi connectivity index (χ0n) is 14.5. The van der Waals surface area contributed by atoms with Crippen molar-refractivity contribution >= 4 is 0 Å². The van der Waals surface area contributed by atoms with Crippen LogP contribution in [0, 0.1) is 5.41 Å². The van der Waals surface area contributed by atoms with Crippen molar-refractivity contribution in [3.8, 4) is 0 Å². The van der Waals surface area contributed by atoms with Crippen LogP contribution in [-0.4, -0.2) is 47.3 Å². The van der Waals surface area contributed by atoms with Crippen molar-refractivity contribution < 1.29 is 5.11 Å². The lowest BCUT2D eigenvalue weighted by atomic mass is 9.77. The molecule has 0 saturated carbocycles. The Kier molecular flexibility index (Phi) is 6.49. The van der Waals surface area contributed by atoms with Gasteiger partial charge in [0.05, 0.1) is 6.61 Å². The molecule has 1 rings (SSSR count). The normalized spacial score (nSPS) is 24.6. The minimum Gasteiger partial charge on any atom is -0.394 e. The number of aliphatic hydroxyl groups is 1. The largest absolute Gasteiger partial charge is 0.394 e. The molecule has 3 heteroatoms. The highest BCUT2D eigenvalue weighted by Gasteiger charge is 2.33. The third-order valence-corrected chi connectivity index (χ3v) is 5.21. The third-order valence-electron chi connectivity index (χ3n) is 5.21. The van der Waals surface area contributed by atoms with Gasteiger partial charge in [0.1, 0.15) is 0 Å². The molecule has 20 heavy (non-hydrogen) atoms. The molecule has 2 N–H and O–H groups in total. The van der Waals surface area contributed by atoms with E-state index in [-0.39, 0.29) is 12.1 Å². The van der Waals surface area contributed by atoms with Gasteiger partial charge < -0.3 is 15.3 Å². The molecule has 0 aliphatic carbocycles. The van der Waals surface area contributed by atoms with Crippen molar-refractivity contribution in [3.05, 3.63) is 0 Å². The number of hydrogen-bond donors (Lipinski definition) is 2. The predicted molar refractivity (Wildman–Crippen MR) is 87.0 cm³/mol. The van der Waals surface area contributed by atoms with Crippen LogP contribution in [0.2, 0.25) is 0 Å². The first kappa shape index (κ1) is 17.9. The summed E-state index contributed by atoms with van der Waals surface area (Å²) in [4.78, 5) is 2.60. The Balaban J connectivity index is 2.52. The van der Waals surface area contributed by atoms with Crippen LogP contribution in [0.3, 0.4) is 0 Å². The lowest BCUT2D eigenvalue weighted by molar-refractivity contribution is 0.0589. The van der Waals surface area contributed by atoms with Gasteiger partial charge in [0.15, 0.2) is 0 Å². The van der Waals surface area contributed by atoms with E-state index < -0.39 is 0 Å². The molecule has 0 aromatic heterocycles. The number of nitrogens with zero attached hydrogens (tertiary/aromatic N) is 1. The summed E-state index contributed by atoms with van der Waals surface area (Å²) < 4.78 is 0. The van der Waals surface area contributed by atoms with Crippen LogP contribution in [0.5, 0.6) is 0 Å². The van der Waals surface area contributed by atoms with Crippen LogP contribution in [0.1, 0.15) is 67.2 Å². The smallest absolute Gasteiger partial charge is 0.0611 e. The van der Waals surface area contributed by atoms with Gasteiger partial charge in [-0.3, -0.25) is 0 Å². The quantitative estimate of drug-likeness (QED) is 0.754. The number of likely N-dealkylation sites (tertiary alicyclic amines) is 1. The topological polar surface area (TPSA) is 35.5 Å². The summed E-state index contributed by atoms with van der Waals surface area (Å²) >= 11 is 0. The van der Waals surface area contributed by atoms with Gasteiger partial charge in [-0.05, 0) is 51.6 Å². The van der Waals surface area contributed by atoms with Crippen LogP contribution in [0.4, 0.5) is 0 Å². The molecule has 1 aliphatic rings. The van der Waals surface area contributed by atoms with E-state index in [0.717, 1.165) is 6.42 Å². The summed E-state index contributed by atoms with van der Waals surface area (Å²) in [5.74, 6) is 0. The fourth-order valence-electron chi connectivity index (χ4n) is 3.51. The molecule has 0 radical (unpaired) electrons. The summed E-state index contributed by atoms with van der Waals surface area (Å²) in [5, 5.41) is 13.2. The van der Waals surface area contributed by atoms with Crippen molar-refractivity contribution in [2.24, 2.45) is 5.41 Å². The van der Waals surface area contributed by atoms with E-state index in [1.54, 1.807) is 0 Å². The van der Waals surface area contributed by atoms with Crippen LogP contribution in [0.15, 0.2) is 0 Å². The highest BCUT2D eigenvalue weighted by Crippen LogP contribution is 2.35. The monoisotopic (exact) mass is 284 g/mol. The zero-order chi connectivity index (χ0) is 15.4. The molecule has 1 aliphatic heterocycles. The summed E-state index contributed by atoms with van der Waals surface area (Å²) in [6, 6.07) is 0.934. The fraction of sp³-hybridized carbons (Fsp3) is 1.00. The Morgan fingerprint density at radius 1 is 1.25 bits per heavy atom. The van der Waals surface area contributed by atoms with Crippen LogP contribution >= 0.6 is 0 Å². The SMILES string of the molecule is CCC1(C)CCN(C(C)CC(C)(CO)NC(C)C)CC1. The second kappa shape index (κ2) is 7.24. The van der Waals surface area contributed by atoms with E-state index in [1.165, 1.54) is 32.4 Å². The molecule has 0 spiro atoms. The van der Waals surface area contributed by atoms with E-state index >= 15 is 0 Å². The number of rotatable bonds is 7. The molecule has 1 heterocycles. The maximum Gasteiger partial charge on any atom is 0.0611 e. The van der Waals surface area contributed by atoms with E-state index in [1.807, 2.05) is 0 Å². The molecule has 0 amide bonds. The first-order chi connectivity index (χ1) is 9.23. The van der Waals surface area contributed by atoms with Crippen molar-refractivity contribution in [1.29, 1.82) is 0 Å². The van der Waals surface area contributed by atoms with Crippen LogP contribution < -0.4 is 5.32 Å². The second-order valence-corrected chi connectivity index (χ2v) is 7.77. The Morgan fingerprint density at radius 3 is 2.20 bits per heavy atom. The number of hydrogen-bond acceptors (Lipinski definition) is 3. The molecule has 2 unspecified atom stereocenters. The fourth-order valence-corrected chi connectivity index (χ4v) is 3.51. The maximum atomic E-state index is 9.72. The first-order valence-corrected chi connectivity index (χ1v) is 8.36. The van der Waals surface area contributed by atoms with Gasteiger partial charge >= 0.3 is 0 Å². The Labute approximate surface area is 126 Å². The molecule has 3 nitrogen and oxygen atoms in total. The van der Waals surface area contributed by atoms with E-state index in [9.17, 15) is 5.11 Å². The van der Waals surface area contributed by atoms with Crippen molar-refractivity contribution in [3.63, 3.8) is 0 Å². The number of nitrogens with one attached hydrogen (secondary N) is 1. The van der Waals surface area contributed by atoms with Gasteiger partial charge in [-0.25, -0.2) is 0 Å². The lowest BCUT2D eigenvalue weighted by Gasteiger charge is -2.44. The van der Waals surface area contributed by atoms with Crippen LogP contribution in [-0.2, 0) is 0 Å². The second-order valence-electron chi connectivity index (χ2n) is 7.77. The summed E-state index contributed by atoms with van der Waals surface area (Å²) in [6.45, 7) is 16.1. The van der Waals surface area contributed by atoms with Crippen molar-refractivity contribution in [2.45, 2.75) is 84.8 Å². The maximum absolute atomic E-state index is 9.72. The summed E-state index contributed by atoms with van der Waals surface area (Å²) in [5.41, 5.74) is 0.381. The highest BCUT2D eigenvalue weighted by molar-refractivity contribution is 4.90. The van der Waals surface area contributed by atoms with Gasteiger partial charge in [0.2, 0.25) is 0 Å². The average Bonchev–Trinajstić information content (AvgIpc) is 2.38. The Bertz CT molecular complexity index is 285.